The fourth-order valence-electron chi connectivity index (χ4n) is 1.52. The number of rotatable bonds is 2. The molecule has 1 aromatic carbocycles. The average Bonchev–Trinajstić information content (AvgIpc) is 2.65. The molecule has 0 radical (unpaired) electrons. The summed E-state index contributed by atoms with van der Waals surface area (Å²) in [6.45, 7) is 1.48. The first kappa shape index (κ1) is 9.52. The lowest BCUT2D eigenvalue weighted by Gasteiger charge is -2.01. The van der Waals surface area contributed by atoms with Gasteiger partial charge in [-0.05, 0) is 23.8 Å². The third-order valence-corrected chi connectivity index (χ3v) is 2.18. The maximum absolute atomic E-state index is 11.3. The Kier molecular flexibility index (Phi) is 2.29. The summed E-state index contributed by atoms with van der Waals surface area (Å²) in [5, 5.41) is 0. The van der Waals surface area contributed by atoms with Crippen LogP contribution in [0.4, 0.5) is 5.69 Å². The monoisotopic (exact) mass is 201 g/mol. The van der Waals surface area contributed by atoms with E-state index in [-0.39, 0.29) is 5.78 Å². The Labute approximate surface area is 87.5 Å². The number of hydrogen-bond donors (Lipinski definition) is 1. The molecule has 0 aliphatic carbocycles. The zero-order valence-electron chi connectivity index (χ0n) is 8.36. The Morgan fingerprint density at radius 3 is 2.80 bits per heavy atom. The molecule has 0 amide bonds. The van der Waals surface area contributed by atoms with E-state index >= 15 is 0 Å². The fraction of sp³-hybridized carbons (Fsp3) is 0.0833. The van der Waals surface area contributed by atoms with E-state index in [1.807, 2.05) is 18.2 Å². The number of nitrogens with two attached hydrogens (primary N) is 1. The molecule has 2 rings (SSSR count). The Bertz CT molecular complexity index is 500. The van der Waals surface area contributed by atoms with Gasteiger partial charge in [0.15, 0.2) is 11.5 Å². The van der Waals surface area contributed by atoms with Crippen LogP contribution >= 0.6 is 0 Å². The summed E-state index contributed by atoms with van der Waals surface area (Å²) >= 11 is 0. The lowest BCUT2D eigenvalue weighted by Crippen LogP contribution is -1.92. The minimum atomic E-state index is -0.0857. The van der Waals surface area contributed by atoms with Gasteiger partial charge in [0, 0.05) is 18.2 Å². The van der Waals surface area contributed by atoms with Crippen molar-refractivity contribution in [1.29, 1.82) is 0 Å². The Morgan fingerprint density at radius 1 is 1.33 bits per heavy atom. The highest BCUT2D eigenvalue weighted by molar-refractivity contribution is 5.98. The molecule has 2 N–H and O–H groups in total. The van der Waals surface area contributed by atoms with Gasteiger partial charge in [-0.3, -0.25) is 4.79 Å². The van der Waals surface area contributed by atoms with Gasteiger partial charge < -0.3 is 10.2 Å². The second-order valence-corrected chi connectivity index (χ2v) is 3.35. The third-order valence-electron chi connectivity index (χ3n) is 2.18. The van der Waals surface area contributed by atoms with Crippen molar-refractivity contribution >= 4 is 11.5 Å². The molecule has 0 spiro atoms. The number of Topliss-reactive ketones (excluding diaryl/α,β-unsaturated/α-hetero) is 1. The van der Waals surface area contributed by atoms with Gasteiger partial charge in [-0.15, -0.1) is 0 Å². The number of furan rings is 1. The van der Waals surface area contributed by atoms with Crippen LogP contribution < -0.4 is 5.73 Å². The van der Waals surface area contributed by atoms with E-state index in [9.17, 15) is 4.79 Å². The summed E-state index contributed by atoms with van der Waals surface area (Å²) < 4.78 is 5.13. The maximum Gasteiger partial charge on any atom is 0.195 e. The summed E-state index contributed by atoms with van der Waals surface area (Å²) in [5.74, 6) is 0.290. The molecular formula is C12H11NO2. The minimum absolute atomic E-state index is 0.0857. The predicted molar refractivity (Wildman–Crippen MR) is 58.6 cm³/mol. The van der Waals surface area contributed by atoms with Crippen molar-refractivity contribution in [1.82, 2.24) is 0 Å². The summed E-state index contributed by atoms with van der Waals surface area (Å²) in [5.41, 5.74) is 8.03. The molecule has 1 aromatic heterocycles. The maximum atomic E-state index is 11.3. The molecule has 0 saturated heterocycles. The normalized spacial score (nSPS) is 10.2. The van der Waals surface area contributed by atoms with Gasteiger partial charge >= 0.3 is 0 Å². The Balaban J connectivity index is 2.54. The van der Waals surface area contributed by atoms with E-state index in [4.69, 9.17) is 10.2 Å². The predicted octanol–water partition coefficient (Wildman–Crippen LogP) is 2.73. The molecule has 0 unspecified atom stereocenters. The zero-order chi connectivity index (χ0) is 10.8. The lowest BCUT2D eigenvalue weighted by molar-refractivity contribution is 0.0988. The second kappa shape index (κ2) is 3.61. The number of carbonyl (C=O) groups excluding carboxylic acids is 1. The molecule has 0 aliphatic heterocycles. The van der Waals surface area contributed by atoms with Crippen LogP contribution in [0.1, 0.15) is 17.5 Å². The van der Waals surface area contributed by atoms with Crippen LogP contribution in [0.15, 0.2) is 41.0 Å². The van der Waals surface area contributed by atoms with Gasteiger partial charge in [0.05, 0.1) is 6.26 Å². The molecule has 0 bridgehead atoms. The quantitative estimate of drug-likeness (QED) is 0.600. The summed E-state index contributed by atoms with van der Waals surface area (Å²) in [7, 11) is 0. The highest BCUT2D eigenvalue weighted by Gasteiger charge is 2.12. The smallest absolute Gasteiger partial charge is 0.195 e. The summed E-state index contributed by atoms with van der Waals surface area (Å²) in [6.07, 6.45) is 1.51. The lowest BCUT2D eigenvalue weighted by atomic mass is 10.0. The average molecular weight is 201 g/mol. The van der Waals surface area contributed by atoms with E-state index in [1.54, 1.807) is 12.1 Å². The number of benzene rings is 1. The van der Waals surface area contributed by atoms with E-state index in [1.165, 1.54) is 13.2 Å². The minimum Gasteiger partial charge on any atom is -0.461 e. The zero-order valence-corrected chi connectivity index (χ0v) is 8.36. The van der Waals surface area contributed by atoms with Crippen molar-refractivity contribution in [3.8, 4) is 11.1 Å². The van der Waals surface area contributed by atoms with Gasteiger partial charge in [-0.1, -0.05) is 12.1 Å². The summed E-state index contributed by atoms with van der Waals surface area (Å²) in [4.78, 5) is 11.3. The fourth-order valence-corrected chi connectivity index (χ4v) is 1.52. The van der Waals surface area contributed by atoms with Crippen LogP contribution in [0, 0.1) is 0 Å². The number of nitrogen functional groups attached to an aromatic ring is 1. The first-order valence-corrected chi connectivity index (χ1v) is 4.63. The molecule has 15 heavy (non-hydrogen) atoms. The van der Waals surface area contributed by atoms with Crippen molar-refractivity contribution in [2.75, 3.05) is 5.73 Å². The molecule has 3 nitrogen and oxygen atoms in total. The topological polar surface area (TPSA) is 56.2 Å². The van der Waals surface area contributed by atoms with Crippen LogP contribution in [-0.2, 0) is 0 Å². The number of ketones is 1. The second-order valence-electron chi connectivity index (χ2n) is 3.35. The van der Waals surface area contributed by atoms with Gasteiger partial charge in [-0.25, -0.2) is 0 Å². The van der Waals surface area contributed by atoms with Crippen LogP contribution in [-0.4, -0.2) is 5.78 Å². The highest BCUT2D eigenvalue weighted by atomic mass is 16.3. The number of anilines is 1. The Morgan fingerprint density at radius 2 is 2.13 bits per heavy atom. The van der Waals surface area contributed by atoms with Crippen molar-refractivity contribution in [2.24, 2.45) is 0 Å². The first-order valence-electron chi connectivity index (χ1n) is 4.63. The van der Waals surface area contributed by atoms with Gasteiger partial charge in [0.25, 0.3) is 0 Å². The van der Waals surface area contributed by atoms with Gasteiger partial charge in [0.1, 0.15) is 0 Å². The third kappa shape index (κ3) is 1.76. The molecule has 0 atom stereocenters. The van der Waals surface area contributed by atoms with E-state index in [0.29, 0.717) is 11.4 Å². The van der Waals surface area contributed by atoms with E-state index in [2.05, 4.69) is 0 Å². The van der Waals surface area contributed by atoms with Crippen LogP contribution in [0.5, 0.6) is 0 Å². The molecule has 3 heteroatoms. The molecule has 0 saturated carbocycles. The van der Waals surface area contributed by atoms with Crippen molar-refractivity contribution in [3.05, 3.63) is 42.4 Å². The molecule has 76 valence electrons. The molecule has 1 heterocycles. The number of hydrogen-bond acceptors (Lipinski definition) is 3. The standard InChI is InChI=1S/C12H11NO2/c1-8(14)12-11(5-6-15-12)9-3-2-4-10(13)7-9/h2-7H,13H2,1H3. The summed E-state index contributed by atoms with van der Waals surface area (Å²) in [6, 6.07) is 9.13. The van der Waals surface area contributed by atoms with Gasteiger partial charge in [0.2, 0.25) is 0 Å². The van der Waals surface area contributed by atoms with Gasteiger partial charge in [-0.2, -0.15) is 0 Å². The largest absolute Gasteiger partial charge is 0.461 e. The molecule has 0 aliphatic rings. The molecular weight excluding hydrogens is 190 g/mol. The SMILES string of the molecule is CC(=O)c1occc1-c1cccc(N)c1. The van der Waals surface area contributed by atoms with Crippen LogP contribution in [0.3, 0.4) is 0 Å². The highest BCUT2D eigenvalue weighted by Crippen LogP contribution is 2.26. The molecule has 2 aromatic rings. The van der Waals surface area contributed by atoms with Crippen LogP contribution in [0.25, 0.3) is 11.1 Å². The number of carbonyl (C=O) groups is 1. The first-order chi connectivity index (χ1) is 7.18. The van der Waals surface area contributed by atoms with Crippen molar-refractivity contribution in [2.45, 2.75) is 6.92 Å². The Hall–Kier alpha value is -2.03. The molecule has 0 fully saturated rings. The van der Waals surface area contributed by atoms with Crippen molar-refractivity contribution in [3.63, 3.8) is 0 Å². The van der Waals surface area contributed by atoms with E-state index < -0.39 is 0 Å². The van der Waals surface area contributed by atoms with Crippen molar-refractivity contribution < 1.29 is 9.21 Å². The van der Waals surface area contributed by atoms with E-state index in [0.717, 1.165) is 11.1 Å². The van der Waals surface area contributed by atoms with Crippen LogP contribution in [0.2, 0.25) is 0 Å².